The Balaban J connectivity index is 2.65. The van der Waals surface area contributed by atoms with Crippen LogP contribution in [0.1, 0.15) is 46.0 Å². The largest absolute Gasteiger partial charge is 0.392 e. The number of carbonyl (C=O) groups is 1. The van der Waals surface area contributed by atoms with Gasteiger partial charge in [-0.1, -0.05) is 32.5 Å². The Labute approximate surface area is 120 Å². The highest BCUT2D eigenvalue weighted by molar-refractivity contribution is 8.00. The summed E-state index contributed by atoms with van der Waals surface area (Å²) in [7, 11) is 0. The van der Waals surface area contributed by atoms with Crippen molar-refractivity contribution in [3.05, 3.63) is 0 Å². The van der Waals surface area contributed by atoms with Gasteiger partial charge in [0, 0.05) is 11.3 Å². The lowest BCUT2D eigenvalue weighted by Crippen LogP contribution is -2.53. The summed E-state index contributed by atoms with van der Waals surface area (Å²) in [5, 5.41) is 3.07. The minimum Gasteiger partial charge on any atom is -0.392 e. The number of nitrogens with two attached hydrogens (primary N) is 1. The quantitative estimate of drug-likeness (QED) is 0.707. The zero-order valence-electron chi connectivity index (χ0n) is 11.5. The first-order valence-electron chi connectivity index (χ1n) is 6.59. The van der Waals surface area contributed by atoms with E-state index < -0.39 is 5.41 Å². The van der Waals surface area contributed by atoms with Crippen LogP contribution < -0.4 is 11.1 Å². The summed E-state index contributed by atoms with van der Waals surface area (Å²) in [5.74, 6) is 0.000301. The highest BCUT2D eigenvalue weighted by atomic mass is 32.2. The second-order valence-corrected chi connectivity index (χ2v) is 6.79. The van der Waals surface area contributed by atoms with E-state index in [4.69, 9.17) is 18.0 Å². The average Bonchev–Trinajstić information content (AvgIpc) is 2.30. The second-order valence-electron chi connectivity index (χ2n) is 5.08. The predicted molar refractivity (Wildman–Crippen MR) is 82.9 cm³/mol. The number of nitrogens with one attached hydrogen (secondary N) is 1. The molecule has 0 saturated heterocycles. The Hall–Kier alpha value is -0.290. The Morgan fingerprint density at radius 3 is 2.28 bits per heavy atom. The van der Waals surface area contributed by atoms with Crippen molar-refractivity contribution in [1.82, 2.24) is 5.32 Å². The fourth-order valence-electron chi connectivity index (χ4n) is 2.47. The van der Waals surface area contributed by atoms with Crippen LogP contribution in [0.25, 0.3) is 0 Å². The van der Waals surface area contributed by atoms with Crippen LogP contribution in [0, 0.1) is 5.41 Å². The number of thioether (sulfide) groups is 1. The van der Waals surface area contributed by atoms with Crippen LogP contribution >= 0.6 is 24.0 Å². The van der Waals surface area contributed by atoms with Gasteiger partial charge in [0.05, 0.1) is 10.4 Å². The van der Waals surface area contributed by atoms with Crippen LogP contribution in [0.3, 0.4) is 0 Å². The SMILES string of the molecule is CCC(CC)(C(=O)NCC1(SC)CCC1)C(N)=S. The molecule has 0 atom stereocenters. The van der Waals surface area contributed by atoms with E-state index in [1.54, 1.807) is 0 Å². The predicted octanol–water partition coefficient (Wildman–Crippen LogP) is 2.48. The van der Waals surface area contributed by atoms with Gasteiger partial charge in [-0.15, -0.1) is 0 Å². The Morgan fingerprint density at radius 1 is 1.44 bits per heavy atom. The van der Waals surface area contributed by atoms with E-state index in [0.717, 1.165) is 6.54 Å². The monoisotopic (exact) mass is 288 g/mol. The maximum Gasteiger partial charge on any atom is 0.233 e. The van der Waals surface area contributed by atoms with E-state index in [0.29, 0.717) is 17.8 Å². The lowest BCUT2D eigenvalue weighted by atomic mass is 9.80. The van der Waals surface area contributed by atoms with E-state index in [1.165, 1.54) is 19.3 Å². The Morgan fingerprint density at radius 2 is 2.00 bits per heavy atom. The van der Waals surface area contributed by atoms with Gasteiger partial charge in [-0.3, -0.25) is 4.79 Å². The molecule has 1 rings (SSSR count). The van der Waals surface area contributed by atoms with Crippen LogP contribution in [0.15, 0.2) is 0 Å². The summed E-state index contributed by atoms with van der Waals surface area (Å²) in [5.41, 5.74) is 5.11. The maximum absolute atomic E-state index is 12.4. The molecule has 1 saturated carbocycles. The fraction of sp³-hybridized carbons (Fsp3) is 0.846. The van der Waals surface area contributed by atoms with Gasteiger partial charge in [0.1, 0.15) is 0 Å². The van der Waals surface area contributed by atoms with Gasteiger partial charge in [0.2, 0.25) is 5.91 Å². The zero-order valence-corrected chi connectivity index (χ0v) is 13.2. The van der Waals surface area contributed by atoms with Crippen LogP contribution in [0.5, 0.6) is 0 Å². The Kier molecular flexibility index (Phi) is 5.46. The first kappa shape index (κ1) is 15.8. The molecule has 1 amide bonds. The molecule has 1 fully saturated rings. The molecule has 5 heteroatoms. The smallest absolute Gasteiger partial charge is 0.233 e. The minimum atomic E-state index is -0.668. The lowest BCUT2D eigenvalue weighted by molar-refractivity contribution is -0.128. The van der Waals surface area contributed by atoms with Gasteiger partial charge in [0.25, 0.3) is 0 Å². The molecule has 0 aliphatic heterocycles. The van der Waals surface area contributed by atoms with Crippen LogP contribution in [0.4, 0.5) is 0 Å². The van der Waals surface area contributed by atoms with Crippen molar-refractivity contribution >= 4 is 34.9 Å². The first-order chi connectivity index (χ1) is 8.46. The number of hydrogen-bond donors (Lipinski definition) is 2. The summed E-state index contributed by atoms with van der Waals surface area (Å²) in [4.78, 5) is 12.7. The van der Waals surface area contributed by atoms with Crippen molar-refractivity contribution in [2.75, 3.05) is 12.8 Å². The molecule has 1 aliphatic rings. The third-order valence-corrected chi connectivity index (χ3v) is 6.19. The van der Waals surface area contributed by atoms with Crippen molar-refractivity contribution in [3.8, 4) is 0 Å². The molecule has 104 valence electrons. The highest BCUT2D eigenvalue weighted by Gasteiger charge is 2.41. The molecule has 3 N–H and O–H groups in total. The molecule has 18 heavy (non-hydrogen) atoms. The number of carbonyl (C=O) groups excluding carboxylic acids is 1. The van der Waals surface area contributed by atoms with Gasteiger partial charge in [-0.2, -0.15) is 11.8 Å². The van der Waals surface area contributed by atoms with Crippen molar-refractivity contribution in [2.45, 2.75) is 50.7 Å². The summed E-state index contributed by atoms with van der Waals surface area (Å²) in [6.07, 6.45) is 7.08. The van der Waals surface area contributed by atoms with Crippen molar-refractivity contribution in [3.63, 3.8) is 0 Å². The topological polar surface area (TPSA) is 55.1 Å². The molecule has 0 aromatic heterocycles. The maximum atomic E-state index is 12.4. The van der Waals surface area contributed by atoms with E-state index >= 15 is 0 Å². The van der Waals surface area contributed by atoms with Crippen LogP contribution in [0.2, 0.25) is 0 Å². The normalized spacial score (nSPS) is 17.9. The number of amides is 1. The Bertz CT molecular complexity index is 317. The summed E-state index contributed by atoms with van der Waals surface area (Å²) in [6, 6.07) is 0. The zero-order chi connectivity index (χ0) is 13.8. The number of thiocarbonyl (C=S) groups is 1. The van der Waals surface area contributed by atoms with Gasteiger partial charge in [-0.25, -0.2) is 0 Å². The number of hydrogen-bond acceptors (Lipinski definition) is 3. The first-order valence-corrected chi connectivity index (χ1v) is 8.23. The van der Waals surface area contributed by atoms with Gasteiger partial charge in [-0.05, 0) is 31.9 Å². The summed E-state index contributed by atoms with van der Waals surface area (Å²) in [6.45, 7) is 4.67. The molecular weight excluding hydrogens is 264 g/mol. The molecule has 1 aliphatic carbocycles. The molecule has 0 spiro atoms. The van der Waals surface area contributed by atoms with E-state index in [1.807, 2.05) is 25.6 Å². The van der Waals surface area contributed by atoms with Crippen molar-refractivity contribution in [2.24, 2.45) is 11.1 Å². The minimum absolute atomic E-state index is 0.000301. The molecule has 0 aromatic rings. The van der Waals surface area contributed by atoms with Gasteiger partial charge < -0.3 is 11.1 Å². The lowest BCUT2D eigenvalue weighted by Gasteiger charge is -2.41. The van der Waals surface area contributed by atoms with Gasteiger partial charge >= 0.3 is 0 Å². The van der Waals surface area contributed by atoms with E-state index in [-0.39, 0.29) is 10.7 Å². The molecular formula is C13H24N2OS2. The molecule has 3 nitrogen and oxygen atoms in total. The third-order valence-electron chi connectivity index (χ3n) is 4.38. The highest BCUT2D eigenvalue weighted by Crippen LogP contribution is 2.42. The summed E-state index contributed by atoms with van der Waals surface area (Å²) < 4.78 is 0.249. The van der Waals surface area contributed by atoms with Crippen molar-refractivity contribution in [1.29, 1.82) is 0 Å². The third kappa shape index (κ3) is 2.82. The molecule has 0 radical (unpaired) electrons. The summed E-state index contributed by atoms with van der Waals surface area (Å²) >= 11 is 6.95. The molecule has 0 aromatic carbocycles. The van der Waals surface area contributed by atoms with Crippen LogP contribution in [-0.4, -0.2) is 28.4 Å². The fourth-order valence-corrected chi connectivity index (χ4v) is 3.76. The molecule has 0 bridgehead atoms. The van der Waals surface area contributed by atoms with Crippen LogP contribution in [-0.2, 0) is 4.79 Å². The second kappa shape index (κ2) is 6.24. The molecule has 0 unspecified atom stereocenters. The number of rotatable bonds is 7. The standard InChI is InChI=1S/C13H24N2OS2/c1-4-13(5-2,10(14)17)11(16)15-9-12(18-3)7-6-8-12/h4-9H2,1-3H3,(H2,14,17)(H,15,16). The average molecular weight is 288 g/mol. The van der Waals surface area contributed by atoms with Gasteiger partial charge in [0.15, 0.2) is 0 Å². The van der Waals surface area contributed by atoms with E-state index in [2.05, 4.69) is 11.6 Å². The van der Waals surface area contributed by atoms with Crippen molar-refractivity contribution < 1.29 is 4.79 Å². The van der Waals surface area contributed by atoms with E-state index in [9.17, 15) is 4.79 Å². The molecule has 0 heterocycles.